The van der Waals surface area contributed by atoms with Crippen molar-refractivity contribution in [2.45, 2.75) is 103 Å². The lowest BCUT2D eigenvalue weighted by Crippen LogP contribution is -2.45. The van der Waals surface area contributed by atoms with Crippen LogP contribution >= 0.6 is 0 Å². The van der Waals surface area contributed by atoms with Gasteiger partial charge in [-0.05, 0) is 49.7 Å². The molecule has 224 valence electrons. The average molecular weight is 592 g/mol. The summed E-state index contributed by atoms with van der Waals surface area (Å²) in [4.78, 5) is 31.8. The van der Waals surface area contributed by atoms with Crippen LogP contribution in [0, 0.1) is 22.0 Å². The molecule has 1 saturated heterocycles. The molecule has 42 heavy (non-hydrogen) atoms. The molecule has 2 aromatic heterocycles. The van der Waals surface area contributed by atoms with E-state index < -0.39 is 13.2 Å². The van der Waals surface area contributed by atoms with Crippen molar-refractivity contribution in [3.05, 3.63) is 58.0 Å². The van der Waals surface area contributed by atoms with Gasteiger partial charge < -0.3 is 14.5 Å². The second-order valence-electron chi connectivity index (χ2n) is 12.3. The molecule has 0 bridgehead atoms. The number of fused-ring (bicyclic) bond motifs is 1. The van der Waals surface area contributed by atoms with Gasteiger partial charge in [0.25, 0.3) is 5.69 Å². The first-order chi connectivity index (χ1) is 19.8. The summed E-state index contributed by atoms with van der Waals surface area (Å²) in [5, 5.41) is 15.2. The lowest BCUT2D eigenvalue weighted by Gasteiger charge is -2.39. The lowest BCUT2D eigenvalue weighted by molar-refractivity contribution is -0.385. The van der Waals surface area contributed by atoms with Gasteiger partial charge in [-0.25, -0.2) is 9.97 Å². The lowest BCUT2D eigenvalue weighted by atomic mass is 10.1. The van der Waals surface area contributed by atoms with E-state index >= 15 is 0 Å². The quantitative estimate of drug-likeness (QED) is 0.119. The van der Waals surface area contributed by atoms with E-state index in [9.17, 15) is 14.9 Å². The highest BCUT2D eigenvalue weighted by atomic mass is 28.4. The highest BCUT2D eigenvalue weighted by molar-refractivity contribution is 6.74. The van der Waals surface area contributed by atoms with Gasteiger partial charge in [0.1, 0.15) is 17.5 Å². The number of carbonyl (C=O) groups is 1. The summed E-state index contributed by atoms with van der Waals surface area (Å²) in [6.45, 7) is 15.1. The van der Waals surface area contributed by atoms with E-state index in [-0.39, 0.29) is 41.5 Å². The Labute approximate surface area is 248 Å². The molecular formula is C31H41N5O5Si. The van der Waals surface area contributed by atoms with Crippen molar-refractivity contribution in [1.82, 2.24) is 14.5 Å². The second kappa shape index (κ2) is 12.7. The molecule has 11 heteroatoms. The number of nitro groups is 1. The van der Waals surface area contributed by atoms with Crippen molar-refractivity contribution in [3.8, 4) is 11.8 Å². The number of ether oxygens (including phenoxy) is 1. The molecule has 0 saturated carbocycles. The molecule has 1 aliphatic heterocycles. The molecule has 1 unspecified atom stereocenters. The zero-order valence-corrected chi connectivity index (χ0v) is 26.6. The molecule has 1 fully saturated rings. The molecular weight excluding hydrogens is 550 g/mol. The summed E-state index contributed by atoms with van der Waals surface area (Å²) in [5.41, 5.74) is 3.11. The van der Waals surface area contributed by atoms with Crippen LogP contribution in [0.1, 0.15) is 77.7 Å². The Morgan fingerprint density at radius 1 is 1.29 bits per heavy atom. The van der Waals surface area contributed by atoms with Crippen LogP contribution in [-0.2, 0) is 20.5 Å². The minimum atomic E-state index is -1.98. The van der Waals surface area contributed by atoms with Crippen molar-refractivity contribution in [2.24, 2.45) is 0 Å². The van der Waals surface area contributed by atoms with Crippen LogP contribution in [0.15, 0.2) is 36.8 Å². The third kappa shape index (κ3) is 7.06. The fourth-order valence-corrected chi connectivity index (χ4v) is 6.11. The van der Waals surface area contributed by atoms with E-state index in [1.165, 1.54) is 13.0 Å². The standard InChI is InChI=1S/C31H41N5O5Si/c1-8-26-27(41-42(6,7)31(3,4)5)18-28(40-26)35-20-34-29-24(15-16-32-30(29)35)33-19-23-14-13-22(17-25(23)36(38)39)12-10-9-11-21(2)37/h13-17,20,26-28H,8-9,11,18-19H2,1-7H3,(H,32,33)/t26-,27?,28-/m1/s1. The molecule has 1 N–H and O–H groups in total. The molecule has 3 aromatic rings. The van der Waals surface area contributed by atoms with Crippen molar-refractivity contribution >= 4 is 36.6 Å². The number of hydrogen-bond acceptors (Lipinski definition) is 8. The maximum Gasteiger partial charge on any atom is 0.275 e. The molecule has 1 aromatic carbocycles. The van der Waals surface area contributed by atoms with E-state index in [0.717, 1.165) is 12.1 Å². The number of nitro benzene ring substituents is 1. The molecule has 0 amide bonds. The normalized spacial score (nSPS) is 19.0. The molecule has 3 heterocycles. The van der Waals surface area contributed by atoms with Crippen LogP contribution in [-0.4, -0.2) is 45.8 Å². The van der Waals surface area contributed by atoms with Crippen molar-refractivity contribution in [1.29, 1.82) is 0 Å². The van der Waals surface area contributed by atoms with Gasteiger partial charge in [-0.1, -0.05) is 39.5 Å². The number of anilines is 1. The zero-order chi connectivity index (χ0) is 30.7. The number of nitrogens with one attached hydrogen (secondary N) is 1. The Hall–Kier alpha value is -3.59. The molecule has 3 atom stereocenters. The number of carbonyl (C=O) groups excluding carboxylic acids is 1. The first-order valence-electron chi connectivity index (χ1n) is 14.4. The fourth-order valence-electron chi connectivity index (χ4n) is 4.75. The predicted octanol–water partition coefficient (Wildman–Crippen LogP) is 6.76. The van der Waals surface area contributed by atoms with Crippen LogP contribution in [0.4, 0.5) is 11.4 Å². The number of pyridine rings is 1. The number of benzene rings is 1. The number of imidazole rings is 1. The predicted molar refractivity (Wildman–Crippen MR) is 166 cm³/mol. The summed E-state index contributed by atoms with van der Waals surface area (Å²) in [7, 11) is -1.98. The van der Waals surface area contributed by atoms with Crippen LogP contribution in [0.25, 0.3) is 11.2 Å². The smallest absolute Gasteiger partial charge is 0.275 e. The number of hydrogen-bond donors (Lipinski definition) is 1. The third-order valence-electron chi connectivity index (χ3n) is 8.19. The van der Waals surface area contributed by atoms with E-state index in [1.54, 1.807) is 24.7 Å². The van der Waals surface area contributed by atoms with Gasteiger partial charge in [-0.15, -0.1) is 0 Å². The number of Topliss-reactive ketones (excluding diaryl/α,β-unsaturated/α-hetero) is 1. The Morgan fingerprint density at radius 3 is 2.71 bits per heavy atom. The van der Waals surface area contributed by atoms with Crippen molar-refractivity contribution < 1.29 is 18.9 Å². The molecule has 4 rings (SSSR count). The van der Waals surface area contributed by atoms with Crippen LogP contribution in [0.5, 0.6) is 0 Å². The maximum atomic E-state index is 11.8. The Bertz CT molecular complexity index is 1520. The maximum absolute atomic E-state index is 11.8. The number of ketones is 1. The first kappa shape index (κ1) is 31.3. The minimum absolute atomic E-state index is 0.00185. The average Bonchev–Trinajstić information content (AvgIpc) is 3.53. The number of nitrogens with zero attached hydrogens (tertiary/aromatic N) is 4. The highest BCUT2D eigenvalue weighted by Gasteiger charge is 2.44. The summed E-state index contributed by atoms with van der Waals surface area (Å²) < 4.78 is 15.2. The van der Waals surface area contributed by atoms with Gasteiger partial charge in [-0.2, -0.15) is 0 Å². The molecule has 0 aliphatic carbocycles. The van der Waals surface area contributed by atoms with Gasteiger partial charge in [-0.3, -0.25) is 19.5 Å². The Morgan fingerprint density at radius 2 is 2.05 bits per heavy atom. The summed E-state index contributed by atoms with van der Waals surface area (Å²) in [5.74, 6) is 5.88. The monoisotopic (exact) mass is 591 g/mol. The van der Waals surface area contributed by atoms with Crippen LogP contribution < -0.4 is 5.32 Å². The van der Waals surface area contributed by atoms with E-state index in [0.29, 0.717) is 41.6 Å². The third-order valence-corrected chi connectivity index (χ3v) is 12.7. The number of aromatic nitrogens is 3. The molecule has 10 nitrogen and oxygen atoms in total. The van der Waals surface area contributed by atoms with Gasteiger partial charge in [0.15, 0.2) is 14.0 Å². The first-order valence-corrected chi connectivity index (χ1v) is 17.4. The minimum Gasteiger partial charge on any atom is -0.411 e. The molecule has 1 aliphatic rings. The largest absolute Gasteiger partial charge is 0.411 e. The number of rotatable bonds is 10. The van der Waals surface area contributed by atoms with Crippen molar-refractivity contribution in [2.75, 3.05) is 5.32 Å². The summed E-state index contributed by atoms with van der Waals surface area (Å²) in [6.07, 6.45) is 5.55. The van der Waals surface area contributed by atoms with Crippen LogP contribution in [0.2, 0.25) is 18.1 Å². The topological polar surface area (TPSA) is 121 Å². The summed E-state index contributed by atoms with van der Waals surface area (Å²) in [6, 6.07) is 6.75. The van der Waals surface area contributed by atoms with Gasteiger partial charge in [0, 0.05) is 49.2 Å². The van der Waals surface area contributed by atoms with Crippen molar-refractivity contribution in [3.63, 3.8) is 0 Å². The van der Waals surface area contributed by atoms with Gasteiger partial charge in [0.05, 0.1) is 29.1 Å². The highest BCUT2D eigenvalue weighted by Crippen LogP contribution is 2.42. The van der Waals surface area contributed by atoms with Gasteiger partial charge >= 0.3 is 0 Å². The molecule has 0 spiro atoms. The second-order valence-corrected chi connectivity index (χ2v) is 17.1. The molecule has 0 radical (unpaired) electrons. The Balaban J connectivity index is 1.51. The zero-order valence-electron chi connectivity index (χ0n) is 25.6. The van der Waals surface area contributed by atoms with Gasteiger partial charge in [0.2, 0.25) is 0 Å². The van der Waals surface area contributed by atoms with E-state index in [4.69, 9.17) is 9.16 Å². The van der Waals surface area contributed by atoms with Crippen LogP contribution in [0.3, 0.4) is 0 Å². The Kier molecular flexibility index (Phi) is 9.50. The SMILES string of the molecule is CC[C@H]1O[C@@H](n2cnc3c(NCc4ccc(C#CCCC(C)=O)cc4[N+](=O)[O-])ccnc32)CC1O[Si](C)(C)C(C)(C)C. The van der Waals surface area contributed by atoms with E-state index in [1.807, 2.05) is 10.6 Å². The summed E-state index contributed by atoms with van der Waals surface area (Å²) >= 11 is 0. The fraction of sp³-hybridized carbons (Fsp3) is 0.516. The van der Waals surface area contributed by atoms with E-state index in [2.05, 4.69) is 67.9 Å².